The van der Waals surface area contributed by atoms with Crippen LogP contribution >= 0.6 is 11.6 Å². The van der Waals surface area contributed by atoms with E-state index in [0.29, 0.717) is 34.7 Å². The average molecular weight is 298 g/mol. The van der Waals surface area contributed by atoms with Gasteiger partial charge in [-0.25, -0.2) is 0 Å². The highest BCUT2D eigenvalue weighted by atomic mass is 35.5. The van der Waals surface area contributed by atoms with Gasteiger partial charge in [0.1, 0.15) is 12.4 Å². The summed E-state index contributed by atoms with van der Waals surface area (Å²) >= 11 is 6.15. The molecule has 3 rings (SSSR count). The Balaban J connectivity index is 1.86. The van der Waals surface area contributed by atoms with Gasteiger partial charge < -0.3 is 4.74 Å². The predicted molar refractivity (Wildman–Crippen MR) is 82.9 cm³/mol. The Bertz CT molecular complexity index is 787. The van der Waals surface area contributed by atoms with E-state index in [4.69, 9.17) is 16.3 Å². The summed E-state index contributed by atoms with van der Waals surface area (Å²) in [7, 11) is 0. The molecule has 0 amide bonds. The maximum absolute atomic E-state index is 10.8. The Kier molecular flexibility index (Phi) is 3.84. The second-order valence-electron chi connectivity index (χ2n) is 4.60. The first-order valence-corrected chi connectivity index (χ1v) is 6.86. The van der Waals surface area contributed by atoms with Crippen LogP contribution < -0.4 is 4.74 Å². The standard InChI is InChI=1S/C17H12ClNO2/c18-17-13(10-20)9-19-16-8-14(6-7-15(16)17)21-11-12-4-2-1-3-5-12/h1-10H,11H2. The van der Waals surface area contributed by atoms with Gasteiger partial charge >= 0.3 is 0 Å². The fourth-order valence-corrected chi connectivity index (χ4v) is 2.32. The molecule has 0 fully saturated rings. The van der Waals surface area contributed by atoms with Gasteiger partial charge in [0.05, 0.1) is 16.1 Å². The van der Waals surface area contributed by atoms with Crippen molar-refractivity contribution >= 4 is 28.8 Å². The fourth-order valence-electron chi connectivity index (χ4n) is 2.07. The molecule has 3 aromatic rings. The number of carbonyl (C=O) groups excluding carboxylic acids is 1. The first-order chi connectivity index (χ1) is 10.3. The van der Waals surface area contributed by atoms with Crippen molar-refractivity contribution in [2.45, 2.75) is 6.61 Å². The van der Waals surface area contributed by atoms with E-state index in [0.717, 1.165) is 10.9 Å². The van der Waals surface area contributed by atoms with E-state index in [1.54, 1.807) is 0 Å². The van der Waals surface area contributed by atoms with Crippen LogP contribution in [0.25, 0.3) is 10.9 Å². The fraction of sp³-hybridized carbons (Fsp3) is 0.0588. The van der Waals surface area contributed by atoms with Crippen molar-refractivity contribution in [2.24, 2.45) is 0 Å². The molecule has 3 nitrogen and oxygen atoms in total. The van der Waals surface area contributed by atoms with Crippen molar-refractivity contribution in [1.82, 2.24) is 4.98 Å². The van der Waals surface area contributed by atoms with Crippen LogP contribution in [0.15, 0.2) is 54.7 Å². The second-order valence-corrected chi connectivity index (χ2v) is 4.98. The summed E-state index contributed by atoms with van der Waals surface area (Å²) in [5.74, 6) is 0.716. The molecule has 0 aliphatic heterocycles. The molecular formula is C17H12ClNO2. The summed E-state index contributed by atoms with van der Waals surface area (Å²) in [5, 5.41) is 1.16. The van der Waals surface area contributed by atoms with Crippen molar-refractivity contribution < 1.29 is 9.53 Å². The molecule has 4 heteroatoms. The Labute approximate surface area is 127 Å². The summed E-state index contributed by atoms with van der Waals surface area (Å²) in [6.07, 6.45) is 2.17. The van der Waals surface area contributed by atoms with E-state index in [1.807, 2.05) is 48.5 Å². The van der Waals surface area contributed by atoms with Crippen molar-refractivity contribution in [2.75, 3.05) is 0 Å². The van der Waals surface area contributed by atoms with Gasteiger partial charge in [0.2, 0.25) is 0 Å². The lowest BCUT2D eigenvalue weighted by Gasteiger charge is -2.08. The number of benzene rings is 2. The number of ether oxygens (including phenoxy) is 1. The number of aldehydes is 1. The highest BCUT2D eigenvalue weighted by Crippen LogP contribution is 2.27. The van der Waals surface area contributed by atoms with Gasteiger partial charge in [-0.15, -0.1) is 0 Å². The molecule has 0 spiro atoms. The van der Waals surface area contributed by atoms with Crippen LogP contribution in [0.4, 0.5) is 0 Å². The quantitative estimate of drug-likeness (QED) is 0.675. The number of hydrogen-bond donors (Lipinski definition) is 0. The molecular weight excluding hydrogens is 286 g/mol. The van der Waals surface area contributed by atoms with Crippen molar-refractivity contribution in [3.8, 4) is 5.75 Å². The third kappa shape index (κ3) is 2.88. The van der Waals surface area contributed by atoms with Gasteiger partial charge in [-0.05, 0) is 17.7 Å². The molecule has 1 aromatic heterocycles. The molecule has 104 valence electrons. The minimum absolute atomic E-state index is 0.391. The molecule has 21 heavy (non-hydrogen) atoms. The summed E-state index contributed by atoms with van der Waals surface area (Å²) in [6, 6.07) is 15.4. The number of fused-ring (bicyclic) bond motifs is 1. The predicted octanol–water partition coefficient (Wildman–Crippen LogP) is 4.28. The minimum Gasteiger partial charge on any atom is -0.489 e. The molecule has 0 unspecified atom stereocenters. The monoisotopic (exact) mass is 297 g/mol. The number of carbonyl (C=O) groups is 1. The smallest absolute Gasteiger partial charge is 0.153 e. The Morgan fingerprint density at radius 3 is 2.71 bits per heavy atom. The lowest BCUT2D eigenvalue weighted by molar-refractivity contribution is 0.112. The van der Waals surface area contributed by atoms with E-state index in [9.17, 15) is 4.79 Å². The lowest BCUT2D eigenvalue weighted by Crippen LogP contribution is -1.95. The number of aromatic nitrogens is 1. The van der Waals surface area contributed by atoms with Gasteiger partial charge in [-0.1, -0.05) is 41.9 Å². The zero-order valence-corrected chi connectivity index (χ0v) is 11.9. The van der Waals surface area contributed by atoms with Crippen LogP contribution in [-0.4, -0.2) is 11.3 Å². The summed E-state index contributed by atoms with van der Waals surface area (Å²) in [4.78, 5) is 15.1. The molecule has 0 aliphatic carbocycles. The summed E-state index contributed by atoms with van der Waals surface area (Å²) in [6.45, 7) is 0.493. The molecule has 0 saturated carbocycles. The zero-order valence-electron chi connectivity index (χ0n) is 11.1. The van der Waals surface area contributed by atoms with E-state index < -0.39 is 0 Å². The first kappa shape index (κ1) is 13.6. The SMILES string of the molecule is O=Cc1cnc2cc(OCc3ccccc3)ccc2c1Cl. The summed E-state index contributed by atoms with van der Waals surface area (Å²) < 4.78 is 5.74. The van der Waals surface area contributed by atoms with E-state index >= 15 is 0 Å². The highest BCUT2D eigenvalue weighted by molar-refractivity contribution is 6.37. The Morgan fingerprint density at radius 1 is 1.14 bits per heavy atom. The first-order valence-electron chi connectivity index (χ1n) is 6.48. The third-order valence-electron chi connectivity index (χ3n) is 3.18. The van der Waals surface area contributed by atoms with Crippen molar-refractivity contribution in [3.63, 3.8) is 0 Å². The van der Waals surface area contributed by atoms with Gasteiger partial charge in [-0.2, -0.15) is 0 Å². The normalized spacial score (nSPS) is 10.5. The highest BCUT2D eigenvalue weighted by Gasteiger charge is 2.07. The van der Waals surface area contributed by atoms with Crippen LogP contribution in [0.1, 0.15) is 15.9 Å². The van der Waals surface area contributed by atoms with Crippen molar-refractivity contribution in [1.29, 1.82) is 0 Å². The number of halogens is 1. The molecule has 0 N–H and O–H groups in total. The van der Waals surface area contributed by atoms with Crippen LogP contribution in [0, 0.1) is 0 Å². The minimum atomic E-state index is 0.391. The Hall–Kier alpha value is -2.39. The van der Waals surface area contributed by atoms with Crippen LogP contribution in [0.5, 0.6) is 5.75 Å². The number of nitrogens with zero attached hydrogens (tertiary/aromatic N) is 1. The maximum atomic E-state index is 10.8. The topological polar surface area (TPSA) is 39.2 Å². The summed E-state index contributed by atoms with van der Waals surface area (Å²) in [5.41, 5.74) is 2.19. The van der Waals surface area contributed by atoms with Crippen LogP contribution in [0.2, 0.25) is 5.02 Å². The third-order valence-corrected chi connectivity index (χ3v) is 3.60. The number of pyridine rings is 1. The molecule has 0 saturated heterocycles. The number of hydrogen-bond acceptors (Lipinski definition) is 3. The van der Waals surface area contributed by atoms with Crippen molar-refractivity contribution in [3.05, 3.63) is 70.9 Å². The largest absolute Gasteiger partial charge is 0.489 e. The molecule has 1 heterocycles. The second kappa shape index (κ2) is 5.94. The molecule has 0 atom stereocenters. The van der Waals surface area contributed by atoms with Gasteiger partial charge in [0.15, 0.2) is 6.29 Å². The number of rotatable bonds is 4. The van der Waals surface area contributed by atoms with Gasteiger partial charge in [0, 0.05) is 17.6 Å². The average Bonchev–Trinajstić information content (AvgIpc) is 2.54. The van der Waals surface area contributed by atoms with E-state index in [1.165, 1.54) is 6.20 Å². The van der Waals surface area contributed by atoms with Gasteiger partial charge in [-0.3, -0.25) is 9.78 Å². The zero-order chi connectivity index (χ0) is 14.7. The Morgan fingerprint density at radius 2 is 1.95 bits per heavy atom. The lowest BCUT2D eigenvalue weighted by atomic mass is 10.1. The van der Waals surface area contributed by atoms with E-state index in [-0.39, 0.29) is 0 Å². The maximum Gasteiger partial charge on any atom is 0.153 e. The van der Waals surface area contributed by atoms with E-state index in [2.05, 4.69) is 4.98 Å². The van der Waals surface area contributed by atoms with Gasteiger partial charge in [0.25, 0.3) is 0 Å². The van der Waals surface area contributed by atoms with Crippen LogP contribution in [0.3, 0.4) is 0 Å². The van der Waals surface area contributed by atoms with Crippen LogP contribution in [-0.2, 0) is 6.61 Å². The molecule has 0 aliphatic rings. The molecule has 0 radical (unpaired) electrons. The molecule has 2 aromatic carbocycles. The molecule has 0 bridgehead atoms.